The normalized spacial score (nSPS) is 21.8. The molecule has 0 saturated heterocycles. The van der Waals surface area contributed by atoms with Crippen LogP contribution in [0.5, 0.6) is 0 Å². The molecule has 0 unspecified atom stereocenters. The standard InChI is InChI=1S/C21H29N/c1-2-3-5-18-7-11-20(12-8-18)15-16-21-13-9-19(10-14-21)6-4-17-22/h4,6-8,11-12,19,21H,2-3,5,9-10,13-16H2,1H3/t19-,21-. The SMILES string of the molecule is CCCCc1ccc(CC[C@H]2CC[C@H](C=CC#N)CC2)cc1. The molecule has 1 nitrogen and oxygen atoms in total. The van der Waals surface area contributed by atoms with Crippen LogP contribution in [0.3, 0.4) is 0 Å². The predicted molar refractivity (Wildman–Crippen MR) is 93.6 cm³/mol. The van der Waals surface area contributed by atoms with Crippen molar-refractivity contribution in [3.8, 4) is 6.07 Å². The van der Waals surface area contributed by atoms with Gasteiger partial charge in [0.15, 0.2) is 0 Å². The van der Waals surface area contributed by atoms with Gasteiger partial charge < -0.3 is 0 Å². The zero-order valence-corrected chi connectivity index (χ0v) is 13.9. The molecule has 0 atom stereocenters. The topological polar surface area (TPSA) is 23.8 Å². The van der Waals surface area contributed by atoms with Crippen LogP contribution in [0.4, 0.5) is 0 Å². The highest BCUT2D eigenvalue weighted by molar-refractivity contribution is 5.22. The van der Waals surface area contributed by atoms with Gasteiger partial charge in [-0.2, -0.15) is 5.26 Å². The quantitative estimate of drug-likeness (QED) is 0.579. The van der Waals surface area contributed by atoms with Crippen molar-refractivity contribution in [2.75, 3.05) is 0 Å². The molecule has 1 aliphatic rings. The molecule has 1 aliphatic carbocycles. The molecule has 22 heavy (non-hydrogen) atoms. The van der Waals surface area contributed by atoms with E-state index in [-0.39, 0.29) is 0 Å². The van der Waals surface area contributed by atoms with Gasteiger partial charge in [0.1, 0.15) is 0 Å². The van der Waals surface area contributed by atoms with Crippen molar-refractivity contribution < 1.29 is 0 Å². The molecule has 0 spiro atoms. The molecule has 1 saturated carbocycles. The summed E-state index contributed by atoms with van der Waals surface area (Å²) in [5, 5.41) is 8.59. The lowest BCUT2D eigenvalue weighted by molar-refractivity contribution is 0.296. The Balaban J connectivity index is 1.70. The van der Waals surface area contributed by atoms with Crippen LogP contribution in [0.25, 0.3) is 0 Å². The molecule has 2 rings (SSSR count). The molecule has 0 heterocycles. The van der Waals surface area contributed by atoms with Gasteiger partial charge in [0.2, 0.25) is 0 Å². The molecule has 1 heteroatoms. The Kier molecular flexibility index (Phi) is 7.23. The highest BCUT2D eigenvalue weighted by Crippen LogP contribution is 2.32. The number of allylic oxidation sites excluding steroid dienone is 2. The molecular formula is C21H29N. The highest BCUT2D eigenvalue weighted by Gasteiger charge is 2.19. The average Bonchev–Trinajstić information content (AvgIpc) is 2.58. The highest BCUT2D eigenvalue weighted by atomic mass is 14.3. The van der Waals surface area contributed by atoms with Crippen molar-refractivity contribution in [2.24, 2.45) is 11.8 Å². The zero-order chi connectivity index (χ0) is 15.6. The number of aryl methyl sites for hydroxylation is 2. The van der Waals surface area contributed by atoms with Gasteiger partial charge in [-0.15, -0.1) is 0 Å². The number of hydrogen-bond acceptors (Lipinski definition) is 1. The van der Waals surface area contributed by atoms with Gasteiger partial charge in [-0.3, -0.25) is 0 Å². The van der Waals surface area contributed by atoms with E-state index in [0.717, 1.165) is 5.92 Å². The first kappa shape index (κ1) is 16.8. The Hall–Kier alpha value is -1.55. The third-order valence-electron chi connectivity index (χ3n) is 5.02. The van der Waals surface area contributed by atoms with Crippen molar-refractivity contribution in [3.05, 3.63) is 47.5 Å². The molecular weight excluding hydrogens is 266 g/mol. The molecule has 0 amide bonds. The fourth-order valence-corrected chi connectivity index (χ4v) is 3.47. The maximum absolute atomic E-state index is 8.59. The second-order valence-corrected chi connectivity index (χ2v) is 6.73. The third kappa shape index (κ3) is 5.68. The number of nitrogens with zero attached hydrogens (tertiary/aromatic N) is 1. The van der Waals surface area contributed by atoms with E-state index in [2.05, 4.69) is 43.3 Å². The van der Waals surface area contributed by atoms with Crippen LogP contribution in [0.15, 0.2) is 36.4 Å². The zero-order valence-electron chi connectivity index (χ0n) is 13.9. The molecule has 1 aromatic carbocycles. The summed E-state index contributed by atoms with van der Waals surface area (Å²) in [4.78, 5) is 0. The van der Waals surface area contributed by atoms with Gasteiger partial charge in [-0.1, -0.05) is 43.7 Å². The maximum atomic E-state index is 8.59. The van der Waals surface area contributed by atoms with Crippen LogP contribution in [0.2, 0.25) is 0 Å². The van der Waals surface area contributed by atoms with E-state index in [0.29, 0.717) is 5.92 Å². The number of unbranched alkanes of at least 4 members (excludes halogenated alkanes) is 1. The molecule has 118 valence electrons. The van der Waals surface area contributed by atoms with Crippen LogP contribution in [0, 0.1) is 23.2 Å². The smallest absolute Gasteiger partial charge is 0.0908 e. The van der Waals surface area contributed by atoms with E-state index in [1.165, 1.54) is 68.9 Å². The minimum absolute atomic E-state index is 0.647. The molecule has 0 radical (unpaired) electrons. The van der Waals surface area contributed by atoms with Crippen molar-refractivity contribution in [2.45, 2.75) is 64.7 Å². The number of benzene rings is 1. The first-order chi connectivity index (χ1) is 10.8. The Morgan fingerprint density at radius 2 is 1.68 bits per heavy atom. The van der Waals surface area contributed by atoms with Gasteiger partial charge >= 0.3 is 0 Å². The summed E-state index contributed by atoms with van der Waals surface area (Å²) in [5.74, 6) is 1.53. The lowest BCUT2D eigenvalue weighted by Gasteiger charge is -2.26. The van der Waals surface area contributed by atoms with E-state index in [4.69, 9.17) is 5.26 Å². The monoisotopic (exact) mass is 295 g/mol. The van der Waals surface area contributed by atoms with Crippen LogP contribution in [0.1, 0.15) is 63.0 Å². The summed E-state index contributed by atoms with van der Waals surface area (Å²) < 4.78 is 0. The lowest BCUT2D eigenvalue weighted by Crippen LogP contribution is -2.13. The summed E-state index contributed by atoms with van der Waals surface area (Å²) in [5.41, 5.74) is 2.97. The lowest BCUT2D eigenvalue weighted by atomic mass is 9.79. The summed E-state index contributed by atoms with van der Waals surface area (Å²) in [6, 6.07) is 11.4. The second-order valence-electron chi connectivity index (χ2n) is 6.73. The molecule has 0 aliphatic heterocycles. The maximum Gasteiger partial charge on any atom is 0.0908 e. The first-order valence-corrected chi connectivity index (χ1v) is 8.96. The van der Waals surface area contributed by atoms with E-state index in [9.17, 15) is 0 Å². The molecule has 1 aromatic rings. The van der Waals surface area contributed by atoms with Gasteiger partial charge in [0, 0.05) is 6.08 Å². The summed E-state index contributed by atoms with van der Waals surface area (Å²) in [6.07, 6.45) is 15.3. The Bertz CT molecular complexity index is 484. The van der Waals surface area contributed by atoms with Crippen LogP contribution in [-0.2, 0) is 12.8 Å². The fourth-order valence-electron chi connectivity index (χ4n) is 3.47. The Morgan fingerprint density at radius 1 is 1.05 bits per heavy atom. The minimum atomic E-state index is 0.647. The van der Waals surface area contributed by atoms with E-state index < -0.39 is 0 Å². The Morgan fingerprint density at radius 3 is 2.27 bits per heavy atom. The number of nitriles is 1. The first-order valence-electron chi connectivity index (χ1n) is 8.96. The summed E-state index contributed by atoms with van der Waals surface area (Å²) >= 11 is 0. The van der Waals surface area contributed by atoms with Crippen LogP contribution in [-0.4, -0.2) is 0 Å². The van der Waals surface area contributed by atoms with Gasteiger partial charge in [-0.05, 0) is 74.3 Å². The average molecular weight is 295 g/mol. The van der Waals surface area contributed by atoms with Gasteiger partial charge in [0.05, 0.1) is 6.07 Å². The van der Waals surface area contributed by atoms with Crippen molar-refractivity contribution in [1.29, 1.82) is 5.26 Å². The molecule has 0 bridgehead atoms. The molecule has 1 fully saturated rings. The molecule has 0 aromatic heterocycles. The molecule has 0 N–H and O–H groups in total. The number of hydrogen-bond donors (Lipinski definition) is 0. The third-order valence-corrected chi connectivity index (χ3v) is 5.02. The van der Waals surface area contributed by atoms with Crippen molar-refractivity contribution in [3.63, 3.8) is 0 Å². The fraction of sp³-hybridized carbons (Fsp3) is 0.571. The largest absolute Gasteiger partial charge is 0.193 e. The summed E-state index contributed by atoms with van der Waals surface area (Å²) in [7, 11) is 0. The minimum Gasteiger partial charge on any atom is -0.193 e. The van der Waals surface area contributed by atoms with Crippen LogP contribution >= 0.6 is 0 Å². The van der Waals surface area contributed by atoms with Gasteiger partial charge in [0.25, 0.3) is 0 Å². The van der Waals surface area contributed by atoms with E-state index >= 15 is 0 Å². The summed E-state index contributed by atoms with van der Waals surface area (Å²) in [6.45, 7) is 2.25. The van der Waals surface area contributed by atoms with E-state index in [1.54, 1.807) is 6.08 Å². The predicted octanol–water partition coefficient (Wildman–Crippen LogP) is 5.85. The second kappa shape index (κ2) is 9.46. The Labute approximate surface area is 136 Å². The van der Waals surface area contributed by atoms with Crippen molar-refractivity contribution in [1.82, 2.24) is 0 Å². The van der Waals surface area contributed by atoms with E-state index in [1.807, 2.05) is 0 Å². The van der Waals surface area contributed by atoms with Crippen molar-refractivity contribution >= 4 is 0 Å². The number of rotatable bonds is 7. The van der Waals surface area contributed by atoms with Gasteiger partial charge in [-0.25, -0.2) is 0 Å². The van der Waals surface area contributed by atoms with Crippen LogP contribution < -0.4 is 0 Å².